The number of hydrogen-bond donors (Lipinski definition) is 2. The second kappa shape index (κ2) is 66.1. The van der Waals surface area contributed by atoms with Crippen molar-refractivity contribution >= 4 is 35.1 Å². The van der Waals surface area contributed by atoms with Gasteiger partial charge in [0.1, 0.15) is 39.6 Å². The number of rotatable bonds is 74. The molecule has 620 valence electrons. The van der Waals surface area contributed by atoms with Gasteiger partial charge in [-0.2, -0.15) is 10.2 Å². The Morgan fingerprint density at radius 1 is 0.255 bits per heavy atom. The van der Waals surface area contributed by atoms with E-state index in [9.17, 15) is 19.2 Å². The third kappa shape index (κ3) is 45.7. The van der Waals surface area contributed by atoms with Gasteiger partial charge < -0.3 is 134 Å². The lowest BCUT2D eigenvalue weighted by Gasteiger charge is -2.19. The first-order valence-corrected chi connectivity index (χ1v) is 36.7. The zero-order valence-electron chi connectivity index (χ0n) is 64.8. The van der Waals surface area contributed by atoms with Crippen LogP contribution in [-0.4, -0.2) is 331 Å². The maximum atomic E-state index is 13.7. The quantitative estimate of drug-likeness (QED) is 0.0274. The summed E-state index contributed by atoms with van der Waals surface area (Å²) >= 11 is 0. The van der Waals surface area contributed by atoms with Gasteiger partial charge in [0.15, 0.2) is 23.0 Å². The molecule has 0 saturated carbocycles. The van der Waals surface area contributed by atoms with Crippen LogP contribution in [-0.2, 0) is 94.7 Å². The molecule has 0 aromatic heterocycles. The summed E-state index contributed by atoms with van der Waals surface area (Å²) in [7, 11) is 9.59. The number of nitrogens with one attached hydrogen (secondary N) is 2. The van der Waals surface area contributed by atoms with E-state index in [0.717, 1.165) is 0 Å². The molecule has 34 heteroatoms. The fraction of sp³-hybridized carbons (Fsp3) is 0.632. The smallest absolute Gasteiger partial charge is 0.338 e. The van der Waals surface area contributed by atoms with Gasteiger partial charge in [0.2, 0.25) is 11.5 Å². The molecule has 2 N–H and O–H groups in total. The molecule has 0 saturated heterocycles. The lowest BCUT2D eigenvalue weighted by molar-refractivity contribution is 0.0146. The maximum absolute atomic E-state index is 13.7. The Morgan fingerprint density at radius 2 is 0.464 bits per heavy atom. The molecule has 4 aromatic rings. The first-order chi connectivity index (χ1) is 54.1. The summed E-state index contributed by atoms with van der Waals surface area (Å²) in [6, 6.07) is 19.0. The number of amides is 2. The van der Waals surface area contributed by atoms with E-state index in [0.29, 0.717) is 194 Å². The van der Waals surface area contributed by atoms with Crippen LogP contribution in [0.3, 0.4) is 0 Å². The van der Waals surface area contributed by atoms with E-state index in [2.05, 4.69) is 20.9 Å². The van der Waals surface area contributed by atoms with Gasteiger partial charge >= 0.3 is 11.9 Å². The molecular weight excluding hydrogens is 1450 g/mol. The minimum absolute atomic E-state index is 0.0297. The molecule has 34 nitrogen and oxygen atoms in total. The average Bonchev–Trinajstić information content (AvgIpc) is 0.821. The number of azo groups is 1. The molecule has 0 aliphatic carbocycles. The Bertz CT molecular complexity index is 2730. The predicted molar refractivity (Wildman–Crippen MR) is 398 cm³/mol. The van der Waals surface area contributed by atoms with Crippen molar-refractivity contribution in [3.8, 4) is 34.5 Å². The Kier molecular flexibility index (Phi) is 57.0. The first kappa shape index (κ1) is 94.8. The first-order valence-electron chi connectivity index (χ1n) is 36.7. The van der Waals surface area contributed by atoms with Crippen LogP contribution in [0.2, 0.25) is 0 Å². The van der Waals surface area contributed by atoms with E-state index in [-0.39, 0.29) is 163 Å². The Morgan fingerprint density at radius 3 is 0.691 bits per heavy atom. The van der Waals surface area contributed by atoms with Crippen LogP contribution < -0.4 is 39.1 Å². The Balaban J connectivity index is 1.29. The number of methoxy groups -OCH3 is 6. The van der Waals surface area contributed by atoms with Crippen molar-refractivity contribution in [2.24, 2.45) is 10.2 Å². The average molecular weight is 1570 g/mol. The van der Waals surface area contributed by atoms with Gasteiger partial charge in [0, 0.05) is 66.9 Å². The number of nitrogens with zero attached hydrogens (tertiary/aromatic N) is 2. The third-order valence-electron chi connectivity index (χ3n) is 14.4. The molecule has 110 heavy (non-hydrogen) atoms. The predicted octanol–water partition coefficient (Wildman–Crippen LogP) is 6.41. The molecule has 0 spiro atoms. The number of carbonyl (C=O) groups is 4. The molecule has 0 aliphatic heterocycles. The zero-order valence-corrected chi connectivity index (χ0v) is 64.8. The number of hydrogen-bond acceptors (Lipinski definition) is 32. The zero-order chi connectivity index (χ0) is 78.6. The number of carbonyl (C=O) groups excluding carboxylic acids is 4. The lowest BCUT2D eigenvalue weighted by atomic mass is 10.2. The SMILES string of the molecule is COCCOCCOCCOc1cc(C(=O)OCCCNC(=O)c2ccc(N=Nc3ccc(C(=O)NCCCOC(=O)c4cc(OCCOCCOCCOC)c(OCCOCCOCCOC)c(OCCOCCOCCOC)c4)cc3)cc2)cc(OCCOCCOCCOC)c1OCCOCCOCCOC. The summed E-state index contributed by atoms with van der Waals surface area (Å²) in [6.45, 7) is 11.8. The lowest BCUT2D eigenvalue weighted by Crippen LogP contribution is -2.25. The Hall–Kier alpha value is -7.56. The number of ether oxygens (including phenoxy) is 26. The molecule has 0 unspecified atom stereocenters. The highest BCUT2D eigenvalue weighted by Crippen LogP contribution is 2.41. The normalized spacial score (nSPS) is 11.3. The van der Waals surface area contributed by atoms with Crippen LogP contribution in [0.5, 0.6) is 34.5 Å². The van der Waals surface area contributed by atoms with Crippen molar-refractivity contribution in [1.29, 1.82) is 0 Å². The molecule has 0 heterocycles. The molecular formula is C76H116N4O30. The second-order valence-corrected chi connectivity index (χ2v) is 22.8. The fourth-order valence-corrected chi connectivity index (χ4v) is 8.86. The van der Waals surface area contributed by atoms with Crippen LogP contribution >= 0.6 is 0 Å². The monoisotopic (exact) mass is 1560 g/mol. The summed E-state index contributed by atoms with van der Waals surface area (Å²) in [5.74, 6) is -0.768. The minimum Gasteiger partial charge on any atom is -0.487 e. The van der Waals surface area contributed by atoms with E-state index < -0.39 is 11.9 Å². The van der Waals surface area contributed by atoms with E-state index in [4.69, 9.17) is 123 Å². The topological polar surface area (TPSA) is 357 Å². The van der Waals surface area contributed by atoms with E-state index in [1.165, 1.54) is 24.3 Å². The van der Waals surface area contributed by atoms with Crippen molar-refractivity contribution in [2.45, 2.75) is 12.8 Å². The van der Waals surface area contributed by atoms with Gasteiger partial charge in [-0.3, -0.25) is 9.59 Å². The number of esters is 2. The molecule has 0 aliphatic rings. The highest BCUT2D eigenvalue weighted by Gasteiger charge is 2.23. The van der Waals surface area contributed by atoms with E-state index >= 15 is 0 Å². The Labute approximate surface area is 645 Å². The van der Waals surface area contributed by atoms with Crippen LogP contribution in [0.15, 0.2) is 83.0 Å². The van der Waals surface area contributed by atoms with Crippen molar-refractivity contribution in [2.75, 3.05) is 307 Å². The largest absolute Gasteiger partial charge is 0.487 e. The van der Waals surface area contributed by atoms with Crippen molar-refractivity contribution in [1.82, 2.24) is 10.6 Å². The standard InChI is InChI=1S/C76H116N4O30/c1-85-21-27-91-33-39-97-45-51-103-67-57-63(58-68(104-52-46-98-40-34-92-28-22-86-2)71(67)107-55-49-101-43-37-95-31-25-89-5)75(83)109-19-7-17-77-73(81)61-9-13-65(14-10-61)79-80-66-15-11-62(12-16-66)74(82)78-18-8-20-110-76(84)64-59-69(105-53-47-99-41-35-93-29-23-87-3)72(108-56-50-102-44-38-96-32-26-90-6)70(60-64)106-54-48-100-42-36-94-30-24-88-4/h9-16,57-60H,7-8,17-56H2,1-6H3,(H,77,81)(H,78,82). The fourth-order valence-electron chi connectivity index (χ4n) is 8.86. The van der Waals surface area contributed by atoms with Crippen LogP contribution in [0, 0.1) is 0 Å². The molecule has 2 amide bonds. The highest BCUT2D eigenvalue weighted by molar-refractivity contribution is 5.95. The van der Waals surface area contributed by atoms with Gasteiger partial charge in [-0.15, -0.1) is 0 Å². The van der Waals surface area contributed by atoms with Gasteiger partial charge in [0.25, 0.3) is 11.8 Å². The summed E-state index contributed by atoms with van der Waals surface area (Å²) in [5.41, 5.74) is 1.93. The maximum Gasteiger partial charge on any atom is 0.338 e. The van der Waals surface area contributed by atoms with Gasteiger partial charge in [-0.25, -0.2) is 9.59 Å². The van der Waals surface area contributed by atoms with Crippen molar-refractivity contribution in [3.05, 3.63) is 95.1 Å². The molecule has 4 aromatic carbocycles. The van der Waals surface area contributed by atoms with Gasteiger partial charge in [-0.05, 0) is 85.6 Å². The van der Waals surface area contributed by atoms with Crippen LogP contribution in [0.25, 0.3) is 0 Å². The van der Waals surface area contributed by atoms with Crippen molar-refractivity contribution < 1.29 is 142 Å². The molecule has 0 bridgehead atoms. The summed E-state index contributed by atoms with van der Waals surface area (Å²) in [4.78, 5) is 53.7. The molecule has 0 radical (unpaired) electrons. The third-order valence-corrected chi connectivity index (χ3v) is 14.4. The van der Waals surface area contributed by atoms with E-state index in [1.807, 2.05) is 0 Å². The van der Waals surface area contributed by atoms with Crippen LogP contribution in [0.4, 0.5) is 11.4 Å². The van der Waals surface area contributed by atoms with Gasteiger partial charge in [0.05, 0.1) is 234 Å². The highest BCUT2D eigenvalue weighted by atomic mass is 16.6. The van der Waals surface area contributed by atoms with Crippen molar-refractivity contribution in [3.63, 3.8) is 0 Å². The molecule has 0 atom stereocenters. The summed E-state index contributed by atoms with van der Waals surface area (Å²) < 4.78 is 146. The number of benzene rings is 4. The van der Waals surface area contributed by atoms with E-state index in [1.54, 1.807) is 91.2 Å². The van der Waals surface area contributed by atoms with Crippen LogP contribution in [0.1, 0.15) is 54.3 Å². The summed E-state index contributed by atoms with van der Waals surface area (Å²) in [6.07, 6.45) is 0.586. The van der Waals surface area contributed by atoms with Gasteiger partial charge in [-0.1, -0.05) is 0 Å². The second-order valence-electron chi connectivity index (χ2n) is 22.8. The summed E-state index contributed by atoms with van der Waals surface area (Å²) in [5, 5.41) is 14.3. The molecule has 0 fully saturated rings. The molecule has 4 rings (SSSR count). The minimum atomic E-state index is -0.668.